The second kappa shape index (κ2) is 11.6. The van der Waals surface area contributed by atoms with Gasteiger partial charge in [-0.15, -0.1) is 0 Å². The van der Waals surface area contributed by atoms with Gasteiger partial charge >= 0.3 is 23.9 Å². The lowest BCUT2D eigenvalue weighted by Gasteiger charge is -2.31. The number of carbonyl (C=O) groups excluding carboxylic acids is 4. The molecular formula is C22H29NO9. The molecular weight excluding hydrogens is 422 g/mol. The van der Waals surface area contributed by atoms with Crippen LogP contribution in [0.5, 0.6) is 0 Å². The van der Waals surface area contributed by atoms with E-state index in [2.05, 4.69) is 0 Å². The Kier molecular flexibility index (Phi) is 9.15. The molecule has 32 heavy (non-hydrogen) atoms. The maximum Gasteiger partial charge on any atom is 0.313 e. The summed E-state index contributed by atoms with van der Waals surface area (Å²) in [6, 6.07) is 8.60. The van der Waals surface area contributed by atoms with Gasteiger partial charge in [0.25, 0.3) is 0 Å². The van der Waals surface area contributed by atoms with Crippen LogP contribution in [0.3, 0.4) is 0 Å². The standard InChI is InChI=1S/C22H29NO9/c1-6-28-22(27)18-19(16-10-8-7-9-11-16)23(5)32-21(18)20(31-15(4)26)17(30-14(3)25)12-29-13(2)24/h7-11,17-21H,6,12H2,1-5H3/t17-,18+,19-,20+,21+/m1/s1. The molecule has 10 nitrogen and oxygen atoms in total. The molecule has 2 rings (SSSR count). The summed E-state index contributed by atoms with van der Waals surface area (Å²) in [7, 11) is 1.64. The summed E-state index contributed by atoms with van der Waals surface area (Å²) in [5.74, 6) is -3.48. The molecule has 0 amide bonds. The molecule has 1 aliphatic rings. The van der Waals surface area contributed by atoms with Gasteiger partial charge in [-0.1, -0.05) is 30.3 Å². The highest BCUT2D eigenvalue weighted by Crippen LogP contribution is 2.41. The van der Waals surface area contributed by atoms with E-state index in [1.54, 1.807) is 14.0 Å². The molecule has 1 fully saturated rings. The molecule has 0 bridgehead atoms. The Balaban J connectivity index is 2.50. The number of nitrogens with zero attached hydrogens (tertiary/aromatic N) is 1. The van der Waals surface area contributed by atoms with E-state index in [4.69, 9.17) is 23.8 Å². The second-order valence-electron chi connectivity index (χ2n) is 7.27. The summed E-state index contributed by atoms with van der Waals surface area (Å²) in [5, 5.41) is 1.48. The fraction of sp³-hybridized carbons (Fsp3) is 0.545. The van der Waals surface area contributed by atoms with Gasteiger partial charge in [-0.3, -0.25) is 24.0 Å². The zero-order chi connectivity index (χ0) is 23.8. The third-order valence-corrected chi connectivity index (χ3v) is 4.83. The summed E-state index contributed by atoms with van der Waals surface area (Å²) >= 11 is 0. The minimum Gasteiger partial charge on any atom is -0.466 e. The minimum atomic E-state index is -1.25. The predicted molar refractivity (Wildman–Crippen MR) is 110 cm³/mol. The van der Waals surface area contributed by atoms with E-state index in [0.29, 0.717) is 0 Å². The SMILES string of the molecule is CCOC(=O)[C@@H]1[C@@H]([C@@H](OC(C)=O)[C@@H](COC(C)=O)OC(C)=O)ON(C)[C@@H]1c1ccccc1. The van der Waals surface area contributed by atoms with Gasteiger partial charge in [0, 0.05) is 27.8 Å². The second-order valence-corrected chi connectivity index (χ2v) is 7.27. The largest absolute Gasteiger partial charge is 0.466 e. The summed E-state index contributed by atoms with van der Waals surface area (Å²) < 4.78 is 21.1. The average Bonchev–Trinajstić information content (AvgIpc) is 3.06. The number of carbonyl (C=O) groups is 4. The van der Waals surface area contributed by atoms with Gasteiger partial charge in [0.05, 0.1) is 12.6 Å². The predicted octanol–water partition coefficient (Wildman–Crippen LogP) is 1.58. The van der Waals surface area contributed by atoms with E-state index in [1.807, 2.05) is 30.3 Å². The van der Waals surface area contributed by atoms with Crippen LogP contribution in [-0.2, 0) is 43.0 Å². The van der Waals surface area contributed by atoms with E-state index < -0.39 is 54.1 Å². The van der Waals surface area contributed by atoms with Crippen molar-refractivity contribution in [2.45, 2.75) is 52.0 Å². The molecule has 0 aliphatic carbocycles. The Morgan fingerprint density at radius 1 is 0.969 bits per heavy atom. The highest BCUT2D eigenvalue weighted by atomic mass is 16.7. The van der Waals surface area contributed by atoms with Crippen molar-refractivity contribution in [1.82, 2.24) is 5.06 Å². The Morgan fingerprint density at radius 3 is 2.12 bits per heavy atom. The van der Waals surface area contributed by atoms with Crippen molar-refractivity contribution in [2.24, 2.45) is 5.92 Å². The van der Waals surface area contributed by atoms with Crippen molar-refractivity contribution in [1.29, 1.82) is 0 Å². The van der Waals surface area contributed by atoms with Crippen LogP contribution in [0.4, 0.5) is 0 Å². The third-order valence-electron chi connectivity index (χ3n) is 4.83. The van der Waals surface area contributed by atoms with Gasteiger partial charge in [-0.2, -0.15) is 5.06 Å². The molecule has 176 valence electrons. The van der Waals surface area contributed by atoms with Crippen LogP contribution < -0.4 is 0 Å². The molecule has 10 heteroatoms. The first-order valence-electron chi connectivity index (χ1n) is 10.2. The first-order chi connectivity index (χ1) is 15.1. The van der Waals surface area contributed by atoms with Crippen LogP contribution in [0.25, 0.3) is 0 Å². The summed E-state index contributed by atoms with van der Waals surface area (Å²) in [6.07, 6.45) is -3.53. The van der Waals surface area contributed by atoms with Crippen molar-refractivity contribution in [2.75, 3.05) is 20.3 Å². The van der Waals surface area contributed by atoms with Crippen molar-refractivity contribution in [3.8, 4) is 0 Å². The maximum absolute atomic E-state index is 13.0. The Bertz CT molecular complexity index is 813. The van der Waals surface area contributed by atoms with E-state index in [0.717, 1.165) is 5.56 Å². The summed E-state index contributed by atoms with van der Waals surface area (Å²) in [6.45, 7) is 4.96. The van der Waals surface area contributed by atoms with Crippen LogP contribution in [0, 0.1) is 5.92 Å². The molecule has 0 N–H and O–H groups in total. The quantitative estimate of drug-likeness (QED) is 0.404. The van der Waals surface area contributed by atoms with Gasteiger partial charge in [-0.05, 0) is 12.5 Å². The van der Waals surface area contributed by atoms with Crippen LogP contribution in [0.2, 0.25) is 0 Å². The van der Waals surface area contributed by atoms with Gasteiger partial charge in [0.2, 0.25) is 0 Å². The number of hydroxylamine groups is 2. The maximum atomic E-state index is 13.0. The topological polar surface area (TPSA) is 118 Å². The number of rotatable bonds is 9. The highest BCUT2D eigenvalue weighted by Gasteiger charge is 2.54. The van der Waals surface area contributed by atoms with Crippen LogP contribution in [0.1, 0.15) is 39.3 Å². The fourth-order valence-corrected chi connectivity index (χ4v) is 3.72. The zero-order valence-electron chi connectivity index (χ0n) is 18.8. The lowest BCUT2D eigenvalue weighted by atomic mass is 9.86. The first kappa shape index (κ1) is 25.3. The third kappa shape index (κ3) is 6.51. The Labute approximate surface area is 186 Å². The summed E-state index contributed by atoms with van der Waals surface area (Å²) in [5.41, 5.74) is 0.779. The lowest BCUT2D eigenvalue weighted by Crippen LogP contribution is -2.50. The molecule has 1 aromatic carbocycles. The molecule has 1 heterocycles. The number of benzene rings is 1. The molecule has 0 unspecified atom stereocenters. The monoisotopic (exact) mass is 451 g/mol. The molecule has 0 radical (unpaired) electrons. The lowest BCUT2D eigenvalue weighted by molar-refractivity contribution is -0.212. The van der Waals surface area contributed by atoms with E-state index in [1.165, 1.54) is 25.8 Å². The molecule has 0 aromatic heterocycles. The van der Waals surface area contributed by atoms with Gasteiger partial charge in [0.15, 0.2) is 12.2 Å². The molecule has 1 aliphatic heterocycles. The Hall–Kier alpha value is -2.98. The van der Waals surface area contributed by atoms with Gasteiger partial charge in [0.1, 0.15) is 18.6 Å². The van der Waals surface area contributed by atoms with E-state index in [-0.39, 0.29) is 13.2 Å². The van der Waals surface area contributed by atoms with Crippen LogP contribution in [-0.4, -0.2) is 67.5 Å². The number of hydrogen-bond acceptors (Lipinski definition) is 10. The minimum absolute atomic E-state index is 0.131. The van der Waals surface area contributed by atoms with Crippen molar-refractivity contribution < 1.29 is 43.0 Å². The summed E-state index contributed by atoms with van der Waals surface area (Å²) in [4.78, 5) is 54.0. The zero-order valence-corrected chi connectivity index (χ0v) is 18.8. The smallest absolute Gasteiger partial charge is 0.313 e. The molecule has 5 atom stereocenters. The van der Waals surface area contributed by atoms with Crippen molar-refractivity contribution in [3.05, 3.63) is 35.9 Å². The molecule has 1 saturated heterocycles. The number of esters is 4. The highest BCUT2D eigenvalue weighted by molar-refractivity contribution is 5.75. The van der Waals surface area contributed by atoms with E-state index in [9.17, 15) is 19.2 Å². The number of ether oxygens (including phenoxy) is 4. The van der Waals surface area contributed by atoms with Gasteiger partial charge < -0.3 is 18.9 Å². The van der Waals surface area contributed by atoms with Crippen molar-refractivity contribution in [3.63, 3.8) is 0 Å². The van der Waals surface area contributed by atoms with Crippen molar-refractivity contribution >= 4 is 23.9 Å². The van der Waals surface area contributed by atoms with Gasteiger partial charge in [-0.25, -0.2) is 0 Å². The van der Waals surface area contributed by atoms with Crippen LogP contribution >= 0.6 is 0 Å². The van der Waals surface area contributed by atoms with Crippen LogP contribution in [0.15, 0.2) is 30.3 Å². The molecule has 0 saturated carbocycles. The number of hydrogen-bond donors (Lipinski definition) is 0. The van der Waals surface area contributed by atoms with E-state index >= 15 is 0 Å². The molecule has 0 spiro atoms. The fourth-order valence-electron chi connectivity index (χ4n) is 3.72. The normalized spacial score (nSPS) is 22.5. The first-order valence-corrected chi connectivity index (χ1v) is 10.2. The Morgan fingerprint density at radius 2 is 1.59 bits per heavy atom. The average molecular weight is 451 g/mol. The molecule has 1 aromatic rings.